The number of carboxylic acid groups (broad SMARTS) is 1. The molecule has 0 heterocycles. The van der Waals surface area contributed by atoms with Crippen LogP contribution in [0.5, 0.6) is 0 Å². The van der Waals surface area contributed by atoms with E-state index in [0.29, 0.717) is 12.5 Å². The van der Waals surface area contributed by atoms with Crippen molar-refractivity contribution in [1.29, 1.82) is 0 Å². The summed E-state index contributed by atoms with van der Waals surface area (Å²) in [7, 11) is 0. The van der Waals surface area contributed by atoms with Gasteiger partial charge in [0.15, 0.2) is 0 Å². The molecule has 19 heavy (non-hydrogen) atoms. The van der Waals surface area contributed by atoms with Crippen LogP contribution in [0.2, 0.25) is 0 Å². The molecule has 1 amide bonds. The number of rotatable bonds is 5. The van der Waals surface area contributed by atoms with E-state index in [1.165, 1.54) is 6.92 Å². The van der Waals surface area contributed by atoms with Gasteiger partial charge in [0.2, 0.25) is 0 Å². The first-order valence-corrected chi connectivity index (χ1v) is 5.86. The summed E-state index contributed by atoms with van der Waals surface area (Å²) >= 11 is 0. The molecule has 1 rings (SSSR count). The van der Waals surface area contributed by atoms with Gasteiger partial charge in [0.25, 0.3) is 5.91 Å². The van der Waals surface area contributed by atoms with Crippen LogP contribution in [0.3, 0.4) is 0 Å². The van der Waals surface area contributed by atoms with Crippen molar-refractivity contribution in [3.05, 3.63) is 34.9 Å². The Morgan fingerprint density at radius 2 is 1.95 bits per heavy atom. The molecule has 0 aliphatic heterocycles. The highest BCUT2D eigenvalue weighted by Crippen LogP contribution is 2.14. The number of carbonyl (C=O) groups is 2. The van der Waals surface area contributed by atoms with Gasteiger partial charge in [0, 0.05) is 6.07 Å². The molecular weight excluding hydrogens is 256 g/mol. The molecule has 1 aromatic rings. The van der Waals surface area contributed by atoms with Crippen molar-refractivity contribution in [2.45, 2.75) is 32.7 Å². The molecule has 0 spiro atoms. The minimum Gasteiger partial charge on any atom is -0.480 e. The molecule has 0 radical (unpaired) electrons. The lowest BCUT2D eigenvalue weighted by Crippen LogP contribution is -2.41. The van der Waals surface area contributed by atoms with Gasteiger partial charge < -0.3 is 10.4 Å². The van der Waals surface area contributed by atoms with Crippen LogP contribution < -0.4 is 5.32 Å². The molecule has 1 atom stereocenters. The van der Waals surface area contributed by atoms with Gasteiger partial charge in [-0.05, 0) is 25.0 Å². The number of halogens is 2. The maximum atomic E-state index is 13.5. The van der Waals surface area contributed by atoms with Gasteiger partial charge in [0.1, 0.15) is 17.7 Å². The summed E-state index contributed by atoms with van der Waals surface area (Å²) < 4.78 is 26.5. The molecule has 4 nitrogen and oxygen atoms in total. The van der Waals surface area contributed by atoms with Gasteiger partial charge in [-0.15, -0.1) is 0 Å². The third-order valence-corrected chi connectivity index (χ3v) is 2.67. The average molecular weight is 271 g/mol. The van der Waals surface area contributed by atoms with E-state index in [9.17, 15) is 18.4 Å². The summed E-state index contributed by atoms with van der Waals surface area (Å²) in [5, 5.41) is 11.1. The maximum absolute atomic E-state index is 13.5. The number of carboxylic acids is 1. The summed E-state index contributed by atoms with van der Waals surface area (Å²) in [6, 6.07) is 0.590. The highest BCUT2D eigenvalue weighted by Gasteiger charge is 2.22. The lowest BCUT2D eigenvalue weighted by molar-refractivity contribution is -0.139. The van der Waals surface area contributed by atoms with Crippen molar-refractivity contribution in [2.24, 2.45) is 0 Å². The predicted molar refractivity (Wildman–Crippen MR) is 64.9 cm³/mol. The summed E-state index contributed by atoms with van der Waals surface area (Å²) in [4.78, 5) is 22.7. The quantitative estimate of drug-likeness (QED) is 0.863. The first-order chi connectivity index (χ1) is 8.86. The highest BCUT2D eigenvalue weighted by atomic mass is 19.1. The van der Waals surface area contributed by atoms with Crippen molar-refractivity contribution < 1.29 is 23.5 Å². The Morgan fingerprint density at radius 1 is 1.32 bits per heavy atom. The lowest BCUT2D eigenvalue weighted by Gasteiger charge is -2.14. The molecule has 0 aliphatic rings. The highest BCUT2D eigenvalue weighted by molar-refractivity contribution is 5.97. The SMILES string of the molecule is CCC[C@H](NC(=O)c1cc(C)c(F)cc1F)C(=O)O. The molecule has 104 valence electrons. The lowest BCUT2D eigenvalue weighted by atomic mass is 10.1. The van der Waals surface area contributed by atoms with Gasteiger partial charge in [0.05, 0.1) is 5.56 Å². The van der Waals surface area contributed by atoms with Crippen LogP contribution in [0.15, 0.2) is 12.1 Å². The Hall–Kier alpha value is -1.98. The second-order valence-electron chi connectivity index (χ2n) is 4.23. The van der Waals surface area contributed by atoms with E-state index >= 15 is 0 Å². The van der Waals surface area contributed by atoms with E-state index in [4.69, 9.17) is 5.11 Å². The van der Waals surface area contributed by atoms with Crippen molar-refractivity contribution in [3.8, 4) is 0 Å². The summed E-state index contributed by atoms with van der Waals surface area (Å²) in [5.41, 5.74) is -0.241. The fourth-order valence-corrected chi connectivity index (χ4v) is 1.61. The molecule has 0 unspecified atom stereocenters. The molecule has 2 N–H and O–H groups in total. The Balaban J connectivity index is 2.94. The fourth-order valence-electron chi connectivity index (χ4n) is 1.61. The zero-order valence-corrected chi connectivity index (χ0v) is 10.7. The molecule has 0 aromatic heterocycles. The number of aliphatic carboxylic acids is 1. The van der Waals surface area contributed by atoms with Gasteiger partial charge in [-0.2, -0.15) is 0 Å². The van der Waals surface area contributed by atoms with Crippen LogP contribution in [-0.4, -0.2) is 23.0 Å². The van der Waals surface area contributed by atoms with E-state index in [0.717, 1.165) is 6.07 Å². The molecule has 0 bridgehead atoms. The second kappa shape index (κ2) is 6.26. The Morgan fingerprint density at radius 3 is 2.47 bits per heavy atom. The number of benzene rings is 1. The van der Waals surface area contributed by atoms with Crippen LogP contribution in [0.25, 0.3) is 0 Å². The number of amides is 1. The van der Waals surface area contributed by atoms with Crippen molar-refractivity contribution >= 4 is 11.9 Å². The van der Waals surface area contributed by atoms with E-state index in [1.54, 1.807) is 6.92 Å². The molecular formula is C13H15F2NO3. The molecule has 0 fully saturated rings. The largest absolute Gasteiger partial charge is 0.480 e. The average Bonchev–Trinajstić information content (AvgIpc) is 2.32. The van der Waals surface area contributed by atoms with Crippen LogP contribution in [0.4, 0.5) is 8.78 Å². The summed E-state index contributed by atoms with van der Waals surface area (Å²) in [6.45, 7) is 3.16. The number of carbonyl (C=O) groups excluding carboxylic acids is 1. The Kier molecular flexibility index (Phi) is 4.97. The molecule has 6 heteroatoms. The third-order valence-electron chi connectivity index (χ3n) is 2.67. The van der Waals surface area contributed by atoms with Crippen LogP contribution in [0, 0.1) is 18.6 Å². The predicted octanol–water partition coefficient (Wildman–Crippen LogP) is 2.26. The number of hydrogen-bond acceptors (Lipinski definition) is 2. The summed E-state index contributed by atoms with van der Waals surface area (Å²) in [5.74, 6) is -3.81. The molecule has 0 saturated carbocycles. The van der Waals surface area contributed by atoms with Crippen LogP contribution >= 0.6 is 0 Å². The first-order valence-electron chi connectivity index (χ1n) is 5.86. The Labute approximate surface area is 109 Å². The monoisotopic (exact) mass is 271 g/mol. The smallest absolute Gasteiger partial charge is 0.326 e. The summed E-state index contributed by atoms with van der Waals surface area (Å²) in [6.07, 6.45) is 0.797. The molecule has 1 aromatic carbocycles. The van der Waals surface area contributed by atoms with Crippen LogP contribution in [-0.2, 0) is 4.79 Å². The van der Waals surface area contributed by atoms with Crippen molar-refractivity contribution in [2.75, 3.05) is 0 Å². The zero-order chi connectivity index (χ0) is 14.6. The van der Waals surface area contributed by atoms with E-state index in [-0.39, 0.29) is 17.5 Å². The van der Waals surface area contributed by atoms with E-state index in [1.807, 2.05) is 0 Å². The van der Waals surface area contributed by atoms with Crippen LogP contribution in [0.1, 0.15) is 35.7 Å². The first kappa shape index (κ1) is 15.1. The second-order valence-corrected chi connectivity index (χ2v) is 4.23. The standard InChI is InChI=1S/C13H15F2NO3/c1-3-4-11(13(18)19)16-12(17)8-5-7(2)9(14)6-10(8)15/h5-6,11H,3-4H2,1-2H3,(H,16,17)(H,18,19)/t11-/m0/s1. The van der Waals surface area contributed by atoms with Gasteiger partial charge in [-0.25, -0.2) is 13.6 Å². The van der Waals surface area contributed by atoms with E-state index in [2.05, 4.69) is 5.32 Å². The molecule has 0 aliphatic carbocycles. The normalized spacial score (nSPS) is 12.0. The number of aryl methyl sites for hydroxylation is 1. The molecule has 0 saturated heterocycles. The zero-order valence-electron chi connectivity index (χ0n) is 10.7. The minimum absolute atomic E-state index is 0.119. The number of nitrogens with one attached hydrogen (secondary N) is 1. The van der Waals surface area contributed by atoms with Crippen molar-refractivity contribution in [1.82, 2.24) is 5.32 Å². The minimum atomic E-state index is -1.19. The Bertz CT molecular complexity index is 503. The number of hydrogen-bond donors (Lipinski definition) is 2. The maximum Gasteiger partial charge on any atom is 0.326 e. The van der Waals surface area contributed by atoms with Crippen molar-refractivity contribution in [3.63, 3.8) is 0 Å². The fraction of sp³-hybridized carbons (Fsp3) is 0.385. The van der Waals surface area contributed by atoms with Gasteiger partial charge >= 0.3 is 5.97 Å². The third kappa shape index (κ3) is 3.74. The van der Waals surface area contributed by atoms with Gasteiger partial charge in [-0.1, -0.05) is 13.3 Å². The topological polar surface area (TPSA) is 66.4 Å². The van der Waals surface area contributed by atoms with Gasteiger partial charge in [-0.3, -0.25) is 4.79 Å². The van der Waals surface area contributed by atoms with E-state index < -0.39 is 29.6 Å².